The van der Waals surface area contributed by atoms with Crippen LogP contribution in [0, 0.1) is 5.82 Å². The molecule has 2 amide bonds. The molecule has 6 nitrogen and oxygen atoms in total. The van der Waals surface area contributed by atoms with E-state index in [0.717, 1.165) is 17.1 Å². The fourth-order valence-electron chi connectivity index (χ4n) is 1.98. The van der Waals surface area contributed by atoms with Crippen molar-refractivity contribution in [2.45, 2.75) is 18.6 Å². The third kappa shape index (κ3) is 4.18. The van der Waals surface area contributed by atoms with Gasteiger partial charge in [-0.05, 0) is 24.3 Å². The maximum absolute atomic E-state index is 12.9. The highest BCUT2D eigenvalue weighted by Gasteiger charge is 2.36. The molecule has 124 valence electrons. The van der Waals surface area contributed by atoms with Gasteiger partial charge in [0.25, 0.3) is 5.91 Å². The maximum Gasteiger partial charge on any atom is 0.405 e. The number of anilines is 1. The molecule has 0 aromatic heterocycles. The Balaban J connectivity index is 2.19. The molecule has 23 heavy (non-hydrogen) atoms. The molecule has 0 radical (unpaired) electrons. The van der Waals surface area contributed by atoms with E-state index in [-0.39, 0.29) is 17.8 Å². The number of rotatable bonds is 4. The Morgan fingerprint density at radius 1 is 1.30 bits per heavy atom. The van der Waals surface area contributed by atoms with Crippen LogP contribution in [0.15, 0.2) is 29.4 Å². The van der Waals surface area contributed by atoms with Crippen molar-refractivity contribution in [1.82, 2.24) is 5.32 Å². The predicted octanol–water partition coefficient (Wildman–Crippen LogP) is 0.924. The number of nitrogens with zero attached hydrogens (tertiary/aromatic N) is 2. The molecule has 1 atom stereocenters. The van der Waals surface area contributed by atoms with Crippen LogP contribution in [0.5, 0.6) is 0 Å². The van der Waals surface area contributed by atoms with Gasteiger partial charge in [-0.1, -0.05) is 0 Å². The lowest BCUT2D eigenvalue weighted by atomic mass is 10.1. The zero-order valence-corrected chi connectivity index (χ0v) is 11.6. The zero-order valence-electron chi connectivity index (χ0n) is 11.6. The lowest BCUT2D eigenvalue weighted by molar-refractivity contribution is -0.134. The van der Waals surface area contributed by atoms with Gasteiger partial charge in [-0.25, -0.2) is 4.39 Å². The summed E-state index contributed by atoms with van der Waals surface area (Å²) < 4.78 is 49.3. The van der Waals surface area contributed by atoms with E-state index in [9.17, 15) is 27.2 Å². The minimum atomic E-state index is -4.56. The summed E-state index contributed by atoms with van der Waals surface area (Å²) in [7, 11) is 0. The summed E-state index contributed by atoms with van der Waals surface area (Å²) in [6, 6.07) is 3.82. The largest absolute Gasteiger partial charge is 0.405 e. The third-order valence-corrected chi connectivity index (χ3v) is 3.04. The van der Waals surface area contributed by atoms with Crippen molar-refractivity contribution >= 4 is 23.2 Å². The number of nitrogens with two attached hydrogens (primary N) is 1. The SMILES string of the molecule is NC(=O)[C@H]1CC(C(=O)NCC(F)(F)F)=NN1c1ccc(F)cc1. The third-order valence-electron chi connectivity index (χ3n) is 3.04. The van der Waals surface area contributed by atoms with Gasteiger partial charge >= 0.3 is 6.18 Å². The summed E-state index contributed by atoms with van der Waals surface area (Å²) in [6.07, 6.45) is -4.80. The van der Waals surface area contributed by atoms with Gasteiger partial charge in [0.15, 0.2) is 0 Å². The number of carbonyl (C=O) groups excluding carboxylic acids is 2. The molecule has 0 aliphatic carbocycles. The van der Waals surface area contributed by atoms with Crippen molar-refractivity contribution in [3.63, 3.8) is 0 Å². The number of hydrogen-bond acceptors (Lipinski definition) is 4. The van der Waals surface area contributed by atoms with E-state index >= 15 is 0 Å². The topological polar surface area (TPSA) is 87.8 Å². The Morgan fingerprint density at radius 2 is 1.91 bits per heavy atom. The van der Waals surface area contributed by atoms with Crippen molar-refractivity contribution in [2.75, 3.05) is 11.6 Å². The number of amides is 2. The monoisotopic (exact) mass is 332 g/mol. The van der Waals surface area contributed by atoms with Crippen LogP contribution in [-0.4, -0.2) is 36.3 Å². The Bertz CT molecular complexity index is 642. The van der Waals surface area contributed by atoms with Crippen LogP contribution >= 0.6 is 0 Å². The average Bonchev–Trinajstić information content (AvgIpc) is 2.90. The molecule has 3 N–H and O–H groups in total. The van der Waals surface area contributed by atoms with Crippen molar-refractivity contribution in [1.29, 1.82) is 0 Å². The molecule has 0 bridgehead atoms. The lowest BCUT2D eigenvalue weighted by Gasteiger charge is -2.20. The quantitative estimate of drug-likeness (QED) is 0.804. The van der Waals surface area contributed by atoms with E-state index in [0.29, 0.717) is 0 Å². The summed E-state index contributed by atoms with van der Waals surface area (Å²) in [5.74, 6) is -2.37. The highest BCUT2D eigenvalue weighted by molar-refractivity contribution is 6.40. The molecule has 0 spiro atoms. The van der Waals surface area contributed by atoms with Gasteiger partial charge < -0.3 is 11.1 Å². The van der Waals surface area contributed by atoms with E-state index in [4.69, 9.17) is 5.73 Å². The molecular weight excluding hydrogens is 320 g/mol. The molecule has 1 heterocycles. The van der Waals surface area contributed by atoms with Gasteiger partial charge in [0, 0.05) is 6.42 Å². The smallest absolute Gasteiger partial charge is 0.368 e. The van der Waals surface area contributed by atoms with Gasteiger partial charge in [-0.2, -0.15) is 18.3 Å². The molecule has 0 unspecified atom stereocenters. The summed E-state index contributed by atoms with van der Waals surface area (Å²) in [6.45, 7) is -1.51. The number of hydrazone groups is 1. The first-order valence-electron chi connectivity index (χ1n) is 6.44. The number of benzene rings is 1. The van der Waals surface area contributed by atoms with Gasteiger partial charge in [-0.3, -0.25) is 14.6 Å². The highest BCUT2D eigenvalue weighted by Crippen LogP contribution is 2.25. The Labute approximate surface area is 127 Å². The van der Waals surface area contributed by atoms with Crippen LogP contribution in [0.4, 0.5) is 23.2 Å². The summed E-state index contributed by atoms with van der Waals surface area (Å²) in [4.78, 5) is 23.2. The van der Waals surface area contributed by atoms with Crippen molar-refractivity contribution in [3.8, 4) is 0 Å². The number of alkyl halides is 3. The van der Waals surface area contributed by atoms with Crippen molar-refractivity contribution in [2.24, 2.45) is 10.8 Å². The Hall–Kier alpha value is -2.65. The van der Waals surface area contributed by atoms with Gasteiger partial charge in [0.2, 0.25) is 5.91 Å². The van der Waals surface area contributed by atoms with Gasteiger partial charge in [0.05, 0.1) is 5.69 Å². The van der Waals surface area contributed by atoms with E-state index in [2.05, 4.69) is 5.10 Å². The van der Waals surface area contributed by atoms with Crippen LogP contribution in [0.1, 0.15) is 6.42 Å². The molecule has 0 fully saturated rings. The normalized spacial score (nSPS) is 17.8. The predicted molar refractivity (Wildman–Crippen MR) is 73.0 cm³/mol. The van der Waals surface area contributed by atoms with Crippen LogP contribution in [0.3, 0.4) is 0 Å². The Morgan fingerprint density at radius 3 is 2.43 bits per heavy atom. The molecular formula is C13H12F4N4O2. The molecule has 10 heteroatoms. The van der Waals surface area contributed by atoms with E-state index in [1.54, 1.807) is 5.32 Å². The van der Waals surface area contributed by atoms with E-state index < -0.39 is 36.4 Å². The van der Waals surface area contributed by atoms with E-state index in [1.807, 2.05) is 0 Å². The zero-order chi connectivity index (χ0) is 17.2. The highest BCUT2D eigenvalue weighted by atomic mass is 19.4. The Kier molecular flexibility index (Phi) is 4.52. The minimum Gasteiger partial charge on any atom is -0.368 e. The second kappa shape index (κ2) is 6.23. The average molecular weight is 332 g/mol. The standard InChI is InChI=1S/C13H12F4N4O2/c14-7-1-3-8(4-2-7)21-10(11(18)22)5-9(20-21)12(23)19-6-13(15,16)17/h1-4,10H,5-6H2,(H2,18,22)(H,19,23)/t10-/m1/s1. The fourth-order valence-corrected chi connectivity index (χ4v) is 1.98. The number of primary amides is 1. The molecule has 1 aromatic carbocycles. The van der Waals surface area contributed by atoms with Gasteiger partial charge in [0.1, 0.15) is 24.1 Å². The summed E-state index contributed by atoms with van der Waals surface area (Å²) >= 11 is 0. The summed E-state index contributed by atoms with van der Waals surface area (Å²) in [5, 5.41) is 6.60. The van der Waals surface area contributed by atoms with Crippen LogP contribution in [-0.2, 0) is 9.59 Å². The fraction of sp³-hybridized carbons (Fsp3) is 0.308. The first-order chi connectivity index (χ1) is 10.7. The van der Waals surface area contributed by atoms with Gasteiger partial charge in [-0.15, -0.1) is 0 Å². The van der Waals surface area contributed by atoms with Crippen molar-refractivity contribution < 1.29 is 27.2 Å². The maximum atomic E-state index is 12.9. The first kappa shape index (κ1) is 16.7. The molecule has 0 saturated carbocycles. The van der Waals surface area contributed by atoms with E-state index in [1.165, 1.54) is 12.1 Å². The first-order valence-corrected chi connectivity index (χ1v) is 6.44. The number of halogens is 4. The number of hydrogen-bond donors (Lipinski definition) is 2. The van der Waals surface area contributed by atoms with Crippen LogP contribution in [0.25, 0.3) is 0 Å². The molecule has 2 rings (SSSR count). The lowest BCUT2D eigenvalue weighted by Crippen LogP contribution is -2.40. The molecule has 1 aliphatic rings. The summed E-state index contributed by atoms with van der Waals surface area (Å²) in [5.41, 5.74) is 5.25. The van der Waals surface area contributed by atoms with Crippen LogP contribution in [0.2, 0.25) is 0 Å². The number of carbonyl (C=O) groups is 2. The minimum absolute atomic E-state index is 0.240. The van der Waals surface area contributed by atoms with Crippen LogP contribution < -0.4 is 16.1 Å². The molecule has 1 aromatic rings. The number of nitrogens with one attached hydrogen (secondary N) is 1. The molecule has 0 saturated heterocycles. The second-order valence-electron chi connectivity index (χ2n) is 4.79. The molecule has 1 aliphatic heterocycles. The van der Waals surface area contributed by atoms with Crippen molar-refractivity contribution in [3.05, 3.63) is 30.1 Å². The second-order valence-corrected chi connectivity index (χ2v) is 4.79.